The number of rotatable bonds is 7. The van der Waals surface area contributed by atoms with Crippen LogP contribution in [0.2, 0.25) is 0 Å². The molecule has 0 aliphatic heterocycles. The van der Waals surface area contributed by atoms with E-state index in [0.717, 1.165) is 0 Å². The molecule has 2 N–H and O–H groups in total. The van der Waals surface area contributed by atoms with E-state index in [4.69, 9.17) is 0 Å². The molecule has 6 nitrogen and oxygen atoms in total. The zero-order valence-electron chi connectivity index (χ0n) is 13.7. The molecule has 0 unspecified atom stereocenters. The summed E-state index contributed by atoms with van der Waals surface area (Å²) in [6, 6.07) is 15.0. The number of likely N-dealkylation sites (N-methyl/N-ethyl adjacent to an activating group) is 1. The predicted molar refractivity (Wildman–Crippen MR) is 94.6 cm³/mol. The SMILES string of the molecule is CN(C)CCNS(=O)(=O)c1cccc(C(=O)Nc2ccccc2)c1. The smallest absolute Gasteiger partial charge is 0.255 e. The Kier molecular flexibility index (Phi) is 6.08. The number of sulfonamides is 1. The number of amides is 1. The summed E-state index contributed by atoms with van der Waals surface area (Å²) in [4.78, 5) is 14.2. The summed E-state index contributed by atoms with van der Waals surface area (Å²) in [6.45, 7) is 0.892. The van der Waals surface area contributed by atoms with Gasteiger partial charge in [-0.15, -0.1) is 0 Å². The number of anilines is 1. The number of hydrogen-bond acceptors (Lipinski definition) is 4. The second-order valence-corrected chi connectivity index (χ2v) is 7.32. The Hall–Kier alpha value is -2.22. The molecule has 1 amide bonds. The summed E-state index contributed by atoms with van der Waals surface area (Å²) >= 11 is 0. The number of nitrogens with zero attached hydrogens (tertiary/aromatic N) is 1. The molecule has 0 aromatic heterocycles. The number of nitrogens with one attached hydrogen (secondary N) is 2. The molecular formula is C17H21N3O3S. The van der Waals surface area contributed by atoms with Crippen LogP contribution in [0.5, 0.6) is 0 Å². The third kappa shape index (κ3) is 5.16. The lowest BCUT2D eigenvalue weighted by molar-refractivity contribution is 0.102. The maximum atomic E-state index is 12.3. The molecule has 0 aliphatic carbocycles. The van der Waals surface area contributed by atoms with Crippen molar-refractivity contribution in [2.24, 2.45) is 0 Å². The molecule has 0 atom stereocenters. The van der Waals surface area contributed by atoms with Gasteiger partial charge in [0.2, 0.25) is 10.0 Å². The van der Waals surface area contributed by atoms with Gasteiger partial charge in [-0.1, -0.05) is 24.3 Å². The van der Waals surface area contributed by atoms with Crippen LogP contribution in [0.15, 0.2) is 59.5 Å². The van der Waals surface area contributed by atoms with Gasteiger partial charge in [0.1, 0.15) is 0 Å². The molecule has 128 valence electrons. The van der Waals surface area contributed by atoms with E-state index in [-0.39, 0.29) is 16.4 Å². The summed E-state index contributed by atoms with van der Waals surface area (Å²) in [6.07, 6.45) is 0. The zero-order chi connectivity index (χ0) is 17.6. The molecule has 0 saturated carbocycles. The number of para-hydroxylation sites is 1. The average molecular weight is 347 g/mol. The Labute approximate surface area is 142 Å². The molecular weight excluding hydrogens is 326 g/mol. The van der Waals surface area contributed by atoms with Gasteiger partial charge in [0.15, 0.2) is 0 Å². The minimum Gasteiger partial charge on any atom is -0.322 e. The van der Waals surface area contributed by atoms with Gasteiger partial charge in [-0.3, -0.25) is 4.79 Å². The molecule has 2 rings (SSSR count). The first-order valence-electron chi connectivity index (χ1n) is 7.49. The Morgan fingerprint density at radius 1 is 1.04 bits per heavy atom. The van der Waals surface area contributed by atoms with Crippen LogP contribution in [0.1, 0.15) is 10.4 Å². The standard InChI is InChI=1S/C17H21N3O3S/c1-20(2)12-11-18-24(22,23)16-10-6-7-14(13-16)17(21)19-15-8-4-3-5-9-15/h3-10,13,18H,11-12H2,1-2H3,(H,19,21). The molecule has 0 radical (unpaired) electrons. The summed E-state index contributed by atoms with van der Waals surface area (Å²) in [5, 5.41) is 2.73. The van der Waals surface area contributed by atoms with Crippen molar-refractivity contribution in [2.45, 2.75) is 4.90 Å². The van der Waals surface area contributed by atoms with Gasteiger partial charge in [0.25, 0.3) is 5.91 Å². The molecule has 2 aromatic carbocycles. The van der Waals surface area contributed by atoms with Crippen molar-refractivity contribution in [3.8, 4) is 0 Å². The van der Waals surface area contributed by atoms with Crippen LogP contribution >= 0.6 is 0 Å². The van der Waals surface area contributed by atoms with Gasteiger partial charge in [-0.05, 0) is 44.4 Å². The lowest BCUT2D eigenvalue weighted by atomic mass is 10.2. The van der Waals surface area contributed by atoms with Crippen LogP contribution in [0, 0.1) is 0 Å². The molecule has 7 heteroatoms. The molecule has 2 aromatic rings. The molecule has 0 bridgehead atoms. The van der Waals surface area contributed by atoms with Gasteiger partial charge >= 0.3 is 0 Å². The third-order valence-corrected chi connectivity index (χ3v) is 4.75. The second-order valence-electron chi connectivity index (χ2n) is 5.55. The Bertz CT molecular complexity index is 790. The van der Waals surface area contributed by atoms with Crippen molar-refractivity contribution < 1.29 is 13.2 Å². The van der Waals surface area contributed by atoms with E-state index in [0.29, 0.717) is 18.8 Å². The van der Waals surface area contributed by atoms with Crippen LogP contribution < -0.4 is 10.0 Å². The van der Waals surface area contributed by atoms with Crippen LogP contribution in [-0.2, 0) is 10.0 Å². The first-order valence-corrected chi connectivity index (χ1v) is 8.98. The molecule has 0 saturated heterocycles. The maximum absolute atomic E-state index is 12.3. The van der Waals surface area contributed by atoms with Crippen LogP contribution in [0.25, 0.3) is 0 Å². The molecule has 0 fully saturated rings. The summed E-state index contributed by atoms with van der Waals surface area (Å²) in [7, 11) is 0.0864. The average Bonchev–Trinajstić information content (AvgIpc) is 2.55. The van der Waals surface area contributed by atoms with Gasteiger partial charge in [0.05, 0.1) is 4.90 Å². The van der Waals surface area contributed by atoms with Crippen molar-refractivity contribution in [2.75, 3.05) is 32.5 Å². The van der Waals surface area contributed by atoms with E-state index < -0.39 is 10.0 Å². The Morgan fingerprint density at radius 2 is 1.75 bits per heavy atom. The van der Waals surface area contributed by atoms with E-state index >= 15 is 0 Å². The largest absolute Gasteiger partial charge is 0.322 e. The van der Waals surface area contributed by atoms with Crippen LogP contribution in [0.3, 0.4) is 0 Å². The highest BCUT2D eigenvalue weighted by molar-refractivity contribution is 7.89. The van der Waals surface area contributed by atoms with Gasteiger partial charge in [-0.25, -0.2) is 13.1 Å². The van der Waals surface area contributed by atoms with Gasteiger partial charge < -0.3 is 10.2 Å². The Balaban J connectivity index is 2.11. The van der Waals surface area contributed by atoms with Crippen molar-refractivity contribution in [3.05, 3.63) is 60.2 Å². The topological polar surface area (TPSA) is 78.5 Å². The van der Waals surface area contributed by atoms with Crippen molar-refractivity contribution in [1.82, 2.24) is 9.62 Å². The minimum atomic E-state index is -3.64. The fraction of sp³-hybridized carbons (Fsp3) is 0.235. The Morgan fingerprint density at radius 3 is 2.42 bits per heavy atom. The van der Waals surface area contributed by atoms with E-state index in [9.17, 15) is 13.2 Å². The van der Waals surface area contributed by atoms with Crippen LogP contribution in [-0.4, -0.2) is 46.4 Å². The van der Waals surface area contributed by atoms with E-state index in [1.54, 1.807) is 24.3 Å². The highest BCUT2D eigenvalue weighted by Gasteiger charge is 2.16. The highest BCUT2D eigenvalue weighted by atomic mass is 32.2. The molecule has 0 spiro atoms. The predicted octanol–water partition coefficient (Wildman–Crippen LogP) is 1.78. The molecule has 0 aliphatic rings. The quantitative estimate of drug-likeness (QED) is 0.800. The summed E-state index contributed by atoms with van der Waals surface area (Å²) < 4.78 is 27.1. The molecule has 24 heavy (non-hydrogen) atoms. The number of carbonyl (C=O) groups excluding carboxylic acids is 1. The first kappa shape index (κ1) is 18.1. The van der Waals surface area contributed by atoms with Crippen molar-refractivity contribution >= 4 is 21.6 Å². The van der Waals surface area contributed by atoms with Gasteiger partial charge in [-0.2, -0.15) is 0 Å². The maximum Gasteiger partial charge on any atom is 0.255 e. The lowest BCUT2D eigenvalue weighted by Gasteiger charge is -2.11. The van der Waals surface area contributed by atoms with Crippen LogP contribution in [0.4, 0.5) is 5.69 Å². The molecule has 0 heterocycles. The van der Waals surface area contributed by atoms with Crippen molar-refractivity contribution in [1.29, 1.82) is 0 Å². The highest BCUT2D eigenvalue weighted by Crippen LogP contribution is 2.14. The van der Waals surface area contributed by atoms with Crippen molar-refractivity contribution in [3.63, 3.8) is 0 Å². The number of hydrogen-bond donors (Lipinski definition) is 2. The lowest BCUT2D eigenvalue weighted by Crippen LogP contribution is -2.31. The normalized spacial score (nSPS) is 11.5. The second kappa shape index (κ2) is 8.05. The first-order chi connectivity index (χ1) is 11.4. The number of carbonyl (C=O) groups is 1. The third-order valence-electron chi connectivity index (χ3n) is 3.29. The fourth-order valence-corrected chi connectivity index (χ4v) is 3.08. The van der Waals surface area contributed by atoms with E-state index in [1.807, 2.05) is 37.2 Å². The fourth-order valence-electron chi connectivity index (χ4n) is 2.02. The summed E-state index contributed by atoms with van der Waals surface area (Å²) in [5.74, 6) is -0.355. The monoisotopic (exact) mass is 347 g/mol. The summed E-state index contributed by atoms with van der Waals surface area (Å²) in [5.41, 5.74) is 0.939. The van der Waals surface area contributed by atoms with E-state index in [1.165, 1.54) is 12.1 Å². The van der Waals surface area contributed by atoms with Gasteiger partial charge in [0, 0.05) is 24.3 Å². The minimum absolute atomic E-state index is 0.0713. The number of benzene rings is 2. The zero-order valence-corrected chi connectivity index (χ0v) is 14.5. The van der Waals surface area contributed by atoms with E-state index in [2.05, 4.69) is 10.0 Å².